The van der Waals surface area contributed by atoms with Crippen LogP contribution in [0.2, 0.25) is 0 Å². The van der Waals surface area contributed by atoms with Crippen LogP contribution in [0.1, 0.15) is 26.2 Å². The third-order valence-corrected chi connectivity index (χ3v) is 2.80. The van der Waals surface area contributed by atoms with Crippen molar-refractivity contribution in [1.29, 1.82) is 0 Å². The van der Waals surface area contributed by atoms with Gasteiger partial charge in [-0.2, -0.15) is 0 Å². The molecule has 0 aliphatic rings. The predicted molar refractivity (Wildman–Crippen MR) is 74.9 cm³/mol. The number of ether oxygens (including phenoxy) is 1. The van der Waals surface area contributed by atoms with Crippen LogP contribution in [0.15, 0.2) is 24.3 Å². The first-order valence-electron chi connectivity index (χ1n) is 6.55. The molecular weight excluding hydrogens is 244 g/mol. The van der Waals surface area contributed by atoms with Gasteiger partial charge in [-0.25, -0.2) is 0 Å². The molecule has 106 valence electrons. The second-order valence-corrected chi connectivity index (χ2v) is 4.35. The first kappa shape index (κ1) is 15.3. The zero-order valence-corrected chi connectivity index (χ0v) is 11.3. The van der Waals surface area contributed by atoms with E-state index in [9.17, 15) is 4.79 Å². The molecule has 0 aromatic heterocycles. The fourth-order valence-electron chi connectivity index (χ4n) is 1.60. The average Bonchev–Trinajstić information content (AvgIpc) is 2.42. The fraction of sp³-hybridized carbons (Fsp3) is 0.500. The van der Waals surface area contributed by atoms with E-state index in [1.807, 2.05) is 19.1 Å². The normalized spacial score (nSPS) is 11.9. The Balaban J connectivity index is 2.20. The van der Waals surface area contributed by atoms with Gasteiger partial charge in [-0.1, -0.05) is 19.1 Å². The van der Waals surface area contributed by atoms with E-state index in [1.165, 1.54) is 0 Å². The lowest BCUT2D eigenvalue weighted by atomic mass is 10.2. The number of nitrogens with two attached hydrogens (primary N) is 1. The highest BCUT2D eigenvalue weighted by molar-refractivity contribution is 5.76. The standard InChI is InChI=1S/C14H22N2O3/c1-2-11(10-17)16-14(18)8-5-9-19-13-7-4-3-6-12(13)15/h3-4,6-7,11,17H,2,5,8-10,15H2,1H3,(H,16,18). The minimum Gasteiger partial charge on any atom is -0.491 e. The van der Waals surface area contributed by atoms with E-state index in [0.717, 1.165) is 6.42 Å². The van der Waals surface area contributed by atoms with Crippen LogP contribution in [0.4, 0.5) is 5.69 Å². The molecule has 5 heteroatoms. The molecule has 0 spiro atoms. The number of nitrogens with one attached hydrogen (secondary N) is 1. The lowest BCUT2D eigenvalue weighted by molar-refractivity contribution is -0.122. The Morgan fingerprint density at radius 2 is 2.21 bits per heavy atom. The number of nitrogen functional groups attached to an aromatic ring is 1. The quantitative estimate of drug-likeness (QED) is 0.489. The SMILES string of the molecule is CCC(CO)NC(=O)CCCOc1ccccc1N. The molecule has 19 heavy (non-hydrogen) atoms. The first-order valence-corrected chi connectivity index (χ1v) is 6.55. The van der Waals surface area contributed by atoms with Crippen molar-refractivity contribution >= 4 is 11.6 Å². The first-order chi connectivity index (χ1) is 9.17. The monoisotopic (exact) mass is 266 g/mol. The van der Waals surface area contributed by atoms with Gasteiger partial charge in [0.05, 0.1) is 24.9 Å². The molecular formula is C14H22N2O3. The van der Waals surface area contributed by atoms with Crippen molar-refractivity contribution < 1.29 is 14.6 Å². The molecule has 5 nitrogen and oxygen atoms in total. The minimum atomic E-state index is -0.154. The Labute approximate surface area is 113 Å². The van der Waals surface area contributed by atoms with Gasteiger partial charge in [-0.05, 0) is 25.0 Å². The van der Waals surface area contributed by atoms with Crippen LogP contribution in [0.5, 0.6) is 5.75 Å². The molecule has 0 aliphatic heterocycles. The van der Waals surface area contributed by atoms with Crippen LogP contribution >= 0.6 is 0 Å². The summed E-state index contributed by atoms with van der Waals surface area (Å²) < 4.78 is 5.49. The van der Waals surface area contributed by atoms with Crippen molar-refractivity contribution in [3.8, 4) is 5.75 Å². The van der Waals surface area contributed by atoms with Crippen molar-refractivity contribution in [3.05, 3.63) is 24.3 Å². The summed E-state index contributed by atoms with van der Waals surface area (Å²) in [5.74, 6) is 0.579. The number of amides is 1. The Hall–Kier alpha value is -1.75. The van der Waals surface area contributed by atoms with Crippen LogP contribution in [-0.2, 0) is 4.79 Å². The molecule has 0 heterocycles. The van der Waals surface area contributed by atoms with Crippen molar-refractivity contribution in [2.45, 2.75) is 32.2 Å². The molecule has 1 unspecified atom stereocenters. The van der Waals surface area contributed by atoms with Gasteiger partial charge in [0.2, 0.25) is 5.91 Å². The molecule has 0 aliphatic carbocycles. The summed E-state index contributed by atoms with van der Waals surface area (Å²) in [4.78, 5) is 11.5. The largest absolute Gasteiger partial charge is 0.491 e. The van der Waals surface area contributed by atoms with Crippen LogP contribution < -0.4 is 15.8 Å². The van der Waals surface area contributed by atoms with E-state index in [1.54, 1.807) is 12.1 Å². The second-order valence-electron chi connectivity index (χ2n) is 4.35. The highest BCUT2D eigenvalue weighted by Gasteiger charge is 2.08. The van der Waals surface area contributed by atoms with Gasteiger partial charge in [0.15, 0.2) is 0 Å². The number of aliphatic hydroxyl groups excluding tert-OH is 1. The predicted octanol–water partition coefficient (Wildman–Crippen LogP) is 1.31. The van der Waals surface area contributed by atoms with Crippen molar-refractivity contribution in [1.82, 2.24) is 5.32 Å². The summed E-state index contributed by atoms with van der Waals surface area (Å²) in [6, 6.07) is 7.11. The number of carbonyl (C=O) groups is 1. The van der Waals surface area contributed by atoms with Crippen LogP contribution in [-0.4, -0.2) is 30.3 Å². The van der Waals surface area contributed by atoms with Crippen molar-refractivity contribution in [2.75, 3.05) is 18.9 Å². The molecule has 1 atom stereocenters. The molecule has 1 amide bonds. The van der Waals surface area contributed by atoms with Gasteiger partial charge >= 0.3 is 0 Å². The molecule has 4 N–H and O–H groups in total. The Morgan fingerprint density at radius 1 is 1.47 bits per heavy atom. The highest BCUT2D eigenvalue weighted by Crippen LogP contribution is 2.19. The van der Waals surface area contributed by atoms with Gasteiger partial charge in [0.1, 0.15) is 5.75 Å². The number of rotatable bonds is 8. The summed E-state index contributed by atoms with van der Waals surface area (Å²) >= 11 is 0. The summed E-state index contributed by atoms with van der Waals surface area (Å²) in [7, 11) is 0. The topological polar surface area (TPSA) is 84.6 Å². The fourth-order valence-corrected chi connectivity index (χ4v) is 1.60. The lowest BCUT2D eigenvalue weighted by Gasteiger charge is -2.14. The zero-order chi connectivity index (χ0) is 14.1. The summed E-state index contributed by atoms with van der Waals surface area (Å²) in [5.41, 5.74) is 6.33. The van der Waals surface area contributed by atoms with Crippen molar-refractivity contribution in [2.24, 2.45) is 0 Å². The molecule has 0 radical (unpaired) electrons. The lowest BCUT2D eigenvalue weighted by Crippen LogP contribution is -2.36. The van der Waals surface area contributed by atoms with E-state index in [4.69, 9.17) is 15.6 Å². The molecule has 1 aromatic rings. The maximum atomic E-state index is 11.5. The molecule has 0 saturated heterocycles. The minimum absolute atomic E-state index is 0.0285. The van der Waals surface area contributed by atoms with E-state index in [2.05, 4.69) is 5.32 Å². The number of aliphatic hydroxyl groups is 1. The molecule has 0 fully saturated rings. The number of benzene rings is 1. The summed E-state index contributed by atoms with van der Waals surface area (Å²) in [6.07, 6.45) is 1.71. The smallest absolute Gasteiger partial charge is 0.220 e. The summed E-state index contributed by atoms with van der Waals surface area (Å²) in [5, 5.41) is 11.7. The van der Waals surface area contributed by atoms with Crippen LogP contribution in [0, 0.1) is 0 Å². The van der Waals surface area contributed by atoms with Gasteiger partial charge < -0.3 is 20.9 Å². The molecule has 0 saturated carbocycles. The number of para-hydroxylation sites is 2. The van der Waals surface area contributed by atoms with Gasteiger partial charge in [-0.15, -0.1) is 0 Å². The van der Waals surface area contributed by atoms with Crippen molar-refractivity contribution in [3.63, 3.8) is 0 Å². The van der Waals surface area contributed by atoms with E-state index in [0.29, 0.717) is 30.9 Å². The van der Waals surface area contributed by atoms with Gasteiger partial charge in [-0.3, -0.25) is 4.79 Å². The van der Waals surface area contributed by atoms with E-state index < -0.39 is 0 Å². The molecule has 1 rings (SSSR count). The second kappa shape index (κ2) is 8.37. The molecule has 1 aromatic carbocycles. The number of anilines is 1. The maximum Gasteiger partial charge on any atom is 0.220 e. The summed E-state index contributed by atoms with van der Waals surface area (Å²) in [6.45, 7) is 2.33. The third-order valence-electron chi connectivity index (χ3n) is 2.80. The number of carbonyl (C=O) groups excluding carboxylic acids is 1. The van der Waals surface area contributed by atoms with Crippen LogP contribution in [0.25, 0.3) is 0 Å². The van der Waals surface area contributed by atoms with Gasteiger partial charge in [0.25, 0.3) is 0 Å². The number of hydrogen-bond donors (Lipinski definition) is 3. The maximum absolute atomic E-state index is 11.5. The third kappa shape index (κ3) is 5.61. The average molecular weight is 266 g/mol. The van der Waals surface area contributed by atoms with E-state index in [-0.39, 0.29) is 18.6 Å². The van der Waals surface area contributed by atoms with Crippen LogP contribution in [0.3, 0.4) is 0 Å². The Morgan fingerprint density at radius 3 is 2.84 bits per heavy atom. The Kier molecular flexibility index (Phi) is 6.74. The molecule has 0 bridgehead atoms. The Bertz CT molecular complexity index is 392. The zero-order valence-electron chi connectivity index (χ0n) is 11.3. The number of hydrogen-bond acceptors (Lipinski definition) is 4. The van der Waals surface area contributed by atoms with Gasteiger partial charge in [0, 0.05) is 6.42 Å². The highest BCUT2D eigenvalue weighted by atomic mass is 16.5. The van der Waals surface area contributed by atoms with E-state index >= 15 is 0 Å².